The molecule has 0 bridgehead atoms. The second-order valence-electron chi connectivity index (χ2n) is 9.13. The van der Waals surface area contributed by atoms with E-state index in [2.05, 4.69) is 4.98 Å². The van der Waals surface area contributed by atoms with Crippen LogP contribution in [0.5, 0.6) is 5.75 Å². The number of nitrogens with zero attached hydrogens (tertiary/aromatic N) is 1. The number of aromatic nitrogens is 2. The molecule has 1 saturated heterocycles. The molecule has 1 aromatic carbocycles. The SMILES string of the molecule is CCCCOC(=O)[C@H](C)C[P@@](=O)(OC[C@H]1O[C@@H](n2ccc(=O)[nH]c2=S)C(C)(O)[C@H]1O)Oc1ccccc1. The quantitative estimate of drug-likeness (QED) is 0.154. The van der Waals surface area contributed by atoms with Crippen LogP contribution in [-0.4, -0.2) is 62.9 Å². The highest BCUT2D eigenvalue weighted by Crippen LogP contribution is 2.51. The van der Waals surface area contributed by atoms with Crippen LogP contribution in [0, 0.1) is 10.7 Å². The summed E-state index contributed by atoms with van der Waals surface area (Å²) in [6.45, 7) is 4.73. The summed E-state index contributed by atoms with van der Waals surface area (Å²) in [6, 6.07) is 9.55. The van der Waals surface area contributed by atoms with Crippen LogP contribution in [0.2, 0.25) is 0 Å². The van der Waals surface area contributed by atoms with Gasteiger partial charge in [-0.05, 0) is 37.7 Å². The molecule has 6 atom stereocenters. The maximum atomic E-state index is 13.8. The average molecular weight is 557 g/mol. The Labute approximate surface area is 219 Å². The molecular weight excluding hydrogens is 523 g/mol. The molecular formula is C24H33N2O9PS. The van der Waals surface area contributed by atoms with Crippen LogP contribution in [0.15, 0.2) is 47.4 Å². The zero-order valence-corrected chi connectivity index (χ0v) is 22.7. The minimum absolute atomic E-state index is 0.0139. The number of aromatic amines is 1. The van der Waals surface area contributed by atoms with Crippen molar-refractivity contribution in [2.24, 2.45) is 5.92 Å². The number of nitrogens with one attached hydrogen (secondary N) is 1. The van der Waals surface area contributed by atoms with Crippen LogP contribution in [0.3, 0.4) is 0 Å². The molecule has 204 valence electrons. The summed E-state index contributed by atoms with van der Waals surface area (Å²) in [5.41, 5.74) is -2.26. The van der Waals surface area contributed by atoms with Crippen LogP contribution in [0.1, 0.15) is 39.8 Å². The molecule has 37 heavy (non-hydrogen) atoms. The zero-order chi connectivity index (χ0) is 27.2. The number of hydrogen-bond donors (Lipinski definition) is 3. The van der Waals surface area contributed by atoms with E-state index in [1.54, 1.807) is 37.3 Å². The largest absolute Gasteiger partial charge is 0.465 e. The van der Waals surface area contributed by atoms with Gasteiger partial charge in [-0.1, -0.05) is 38.5 Å². The van der Waals surface area contributed by atoms with E-state index in [1.165, 1.54) is 23.8 Å². The number of benzene rings is 1. The number of ether oxygens (including phenoxy) is 2. The number of esters is 1. The van der Waals surface area contributed by atoms with Crippen molar-refractivity contribution in [3.05, 3.63) is 57.7 Å². The predicted molar refractivity (Wildman–Crippen MR) is 137 cm³/mol. The van der Waals surface area contributed by atoms with Crippen molar-refractivity contribution in [3.63, 3.8) is 0 Å². The Morgan fingerprint density at radius 3 is 2.68 bits per heavy atom. The van der Waals surface area contributed by atoms with Gasteiger partial charge in [-0.2, -0.15) is 0 Å². The van der Waals surface area contributed by atoms with Gasteiger partial charge in [0.05, 0.1) is 25.3 Å². The highest BCUT2D eigenvalue weighted by Gasteiger charge is 2.53. The van der Waals surface area contributed by atoms with Gasteiger partial charge in [-0.15, -0.1) is 0 Å². The first-order valence-electron chi connectivity index (χ1n) is 12.0. The third-order valence-corrected chi connectivity index (χ3v) is 8.26. The van der Waals surface area contributed by atoms with E-state index in [4.69, 9.17) is 30.7 Å². The molecule has 2 aromatic rings. The molecule has 1 unspecified atom stereocenters. The Balaban J connectivity index is 1.77. The standard InChI is InChI=1S/C24H33N2O9PS/c1-4-5-13-32-21(29)16(2)15-36(31,35-17-9-7-6-8-10-17)33-14-18-20(28)24(3,30)22(34-18)26-12-11-19(27)25-23(26)37/h6-12,16,18,20,22,28,30H,4-5,13-15H2,1-3H3,(H,25,27,37)/t16-,18-,20+,22-,24?,36-/m1/s1. The Hall–Kier alpha value is -2.34. The van der Waals surface area contributed by atoms with Gasteiger partial charge in [0.15, 0.2) is 11.0 Å². The fourth-order valence-corrected chi connectivity index (χ4v) is 5.93. The van der Waals surface area contributed by atoms with Gasteiger partial charge in [-0.3, -0.25) is 23.7 Å². The van der Waals surface area contributed by atoms with Crippen molar-refractivity contribution in [2.45, 2.75) is 57.6 Å². The van der Waals surface area contributed by atoms with Gasteiger partial charge in [-0.25, -0.2) is 4.57 Å². The molecule has 1 aromatic heterocycles. The minimum Gasteiger partial charge on any atom is -0.465 e. The molecule has 0 aliphatic carbocycles. The van der Waals surface area contributed by atoms with Crippen molar-refractivity contribution in [1.82, 2.24) is 9.55 Å². The van der Waals surface area contributed by atoms with Crippen LogP contribution >= 0.6 is 19.8 Å². The number of carbonyl (C=O) groups is 1. The Morgan fingerprint density at radius 2 is 2.03 bits per heavy atom. The first-order chi connectivity index (χ1) is 17.5. The predicted octanol–water partition coefficient (Wildman–Crippen LogP) is 3.18. The van der Waals surface area contributed by atoms with Crippen LogP contribution in [0.25, 0.3) is 0 Å². The Bertz CT molecular complexity index is 1220. The fourth-order valence-electron chi connectivity index (χ4n) is 3.80. The normalized spacial score (nSPS) is 25.8. The molecule has 0 radical (unpaired) electrons. The molecule has 0 spiro atoms. The summed E-state index contributed by atoms with van der Waals surface area (Å²) in [5, 5.41) is 21.8. The second-order valence-corrected chi connectivity index (χ2v) is 11.5. The summed E-state index contributed by atoms with van der Waals surface area (Å²) in [7, 11) is -3.97. The van der Waals surface area contributed by atoms with Gasteiger partial charge >= 0.3 is 13.6 Å². The van der Waals surface area contributed by atoms with E-state index in [-0.39, 0.29) is 23.3 Å². The number of rotatable bonds is 12. The summed E-state index contributed by atoms with van der Waals surface area (Å²) < 4.78 is 37.5. The summed E-state index contributed by atoms with van der Waals surface area (Å²) >= 11 is 5.16. The fraction of sp³-hybridized carbons (Fsp3) is 0.542. The molecule has 11 nitrogen and oxygen atoms in total. The van der Waals surface area contributed by atoms with Gasteiger partial charge in [0.25, 0.3) is 5.56 Å². The summed E-state index contributed by atoms with van der Waals surface area (Å²) in [4.78, 5) is 26.4. The lowest BCUT2D eigenvalue weighted by atomic mass is 9.96. The number of carbonyl (C=O) groups excluding carboxylic acids is 1. The molecule has 3 rings (SSSR count). The molecule has 1 aliphatic rings. The number of hydrogen-bond acceptors (Lipinski definition) is 10. The zero-order valence-electron chi connectivity index (χ0n) is 20.9. The minimum atomic E-state index is -3.97. The van der Waals surface area contributed by atoms with Crippen molar-refractivity contribution in [1.29, 1.82) is 0 Å². The Morgan fingerprint density at radius 1 is 1.32 bits per heavy atom. The second kappa shape index (κ2) is 12.5. The number of aliphatic hydroxyl groups is 2. The molecule has 2 heterocycles. The van der Waals surface area contributed by atoms with E-state index in [0.717, 1.165) is 6.42 Å². The van der Waals surface area contributed by atoms with Gasteiger partial charge < -0.3 is 24.2 Å². The van der Waals surface area contributed by atoms with Crippen molar-refractivity contribution in [3.8, 4) is 5.75 Å². The molecule has 0 amide bonds. The lowest BCUT2D eigenvalue weighted by Crippen LogP contribution is -2.44. The number of aliphatic hydroxyl groups excluding tert-OH is 1. The monoisotopic (exact) mass is 556 g/mol. The van der Waals surface area contributed by atoms with E-state index in [1.807, 2.05) is 6.92 Å². The molecule has 1 aliphatic heterocycles. The number of unbranched alkanes of at least 4 members (excludes halogenated alkanes) is 1. The van der Waals surface area contributed by atoms with E-state index >= 15 is 0 Å². The molecule has 1 fully saturated rings. The summed E-state index contributed by atoms with van der Waals surface area (Å²) in [6.07, 6.45) is -1.13. The Kier molecular flexibility index (Phi) is 9.85. The van der Waals surface area contributed by atoms with Crippen LogP contribution in [-0.2, 0) is 23.4 Å². The highest BCUT2D eigenvalue weighted by molar-refractivity contribution is 7.71. The van der Waals surface area contributed by atoms with Crippen molar-refractivity contribution < 1.29 is 38.1 Å². The number of para-hydroxylation sites is 1. The van der Waals surface area contributed by atoms with Crippen molar-refractivity contribution in [2.75, 3.05) is 19.4 Å². The van der Waals surface area contributed by atoms with Crippen LogP contribution in [0.4, 0.5) is 0 Å². The maximum absolute atomic E-state index is 13.8. The lowest BCUT2D eigenvalue weighted by molar-refractivity contribution is -0.147. The number of H-pyrrole nitrogens is 1. The maximum Gasteiger partial charge on any atom is 0.380 e. The third-order valence-electron chi connectivity index (χ3n) is 5.92. The topological polar surface area (TPSA) is 149 Å². The van der Waals surface area contributed by atoms with E-state index in [9.17, 15) is 24.4 Å². The van der Waals surface area contributed by atoms with Crippen molar-refractivity contribution >= 4 is 25.8 Å². The average Bonchev–Trinajstić information content (AvgIpc) is 3.07. The first kappa shape index (κ1) is 29.2. The van der Waals surface area contributed by atoms with Crippen LogP contribution < -0.4 is 10.1 Å². The molecule has 3 N–H and O–H groups in total. The van der Waals surface area contributed by atoms with Gasteiger partial charge in [0, 0.05) is 12.3 Å². The highest BCUT2D eigenvalue weighted by atomic mass is 32.1. The van der Waals surface area contributed by atoms with E-state index < -0.39 is 55.7 Å². The van der Waals surface area contributed by atoms with E-state index in [0.29, 0.717) is 6.42 Å². The van der Waals surface area contributed by atoms with Gasteiger partial charge in [0.1, 0.15) is 23.6 Å². The molecule has 13 heteroatoms. The smallest absolute Gasteiger partial charge is 0.380 e. The van der Waals surface area contributed by atoms with Gasteiger partial charge in [0.2, 0.25) is 0 Å². The lowest BCUT2D eigenvalue weighted by Gasteiger charge is -2.28. The molecule has 0 saturated carbocycles. The first-order valence-corrected chi connectivity index (χ1v) is 14.1. The third kappa shape index (κ3) is 7.37. The summed E-state index contributed by atoms with van der Waals surface area (Å²) in [5.74, 6) is -1.05.